The summed E-state index contributed by atoms with van der Waals surface area (Å²) in [5.41, 5.74) is 0.802. The summed E-state index contributed by atoms with van der Waals surface area (Å²) in [6.45, 7) is 7.44. The van der Waals surface area contributed by atoms with Crippen molar-refractivity contribution in [1.29, 1.82) is 0 Å². The molecule has 1 nitrogen and oxygen atoms in total. The Bertz CT molecular complexity index is 364. The highest BCUT2D eigenvalue weighted by atomic mass is 79.9. The normalized spacial score (nSPS) is 13.0. The second kappa shape index (κ2) is 7.90. The van der Waals surface area contributed by atoms with Gasteiger partial charge in [-0.15, -0.1) is 0 Å². The van der Waals surface area contributed by atoms with E-state index in [9.17, 15) is 4.39 Å². The Morgan fingerprint density at radius 3 is 2.39 bits per heavy atom. The van der Waals surface area contributed by atoms with Gasteiger partial charge in [-0.05, 0) is 36.6 Å². The summed E-state index contributed by atoms with van der Waals surface area (Å²) in [5, 5.41) is 3.50. The lowest BCUT2D eigenvalue weighted by Crippen LogP contribution is -2.37. The Labute approximate surface area is 118 Å². The fourth-order valence-electron chi connectivity index (χ4n) is 2.45. The van der Waals surface area contributed by atoms with Gasteiger partial charge in [0.05, 0.1) is 0 Å². The molecule has 1 N–H and O–H groups in total. The average Bonchev–Trinajstić information content (AvgIpc) is 2.34. The van der Waals surface area contributed by atoms with Crippen LogP contribution in [0.3, 0.4) is 0 Å². The minimum Gasteiger partial charge on any atom is -0.314 e. The molecule has 0 aromatic heterocycles. The molecule has 0 saturated heterocycles. The van der Waals surface area contributed by atoms with E-state index in [1.165, 1.54) is 0 Å². The molecule has 1 aromatic rings. The van der Waals surface area contributed by atoms with E-state index in [1.807, 2.05) is 12.1 Å². The van der Waals surface area contributed by atoms with Crippen LogP contribution in [0.2, 0.25) is 0 Å². The zero-order valence-corrected chi connectivity index (χ0v) is 13.1. The molecule has 0 aliphatic heterocycles. The molecule has 0 aliphatic carbocycles. The highest BCUT2D eigenvalue weighted by Crippen LogP contribution is 2.21. The van der Waals surface area contributed by atoms with Gasteiger partial charge >= 0.3 is 0 Å². The third kappa shape index (κ3) is 4.36. The molecule has 0 bridgehead atoms. The number of benzene rings is 1. The van der Waals surface area contributed by atoms with Crippen molar-refractivity contribution < 1.29 is 4.39 Å². The maximum atomic E-state index is 13.9. The molecule has 102 valence electrons. The topological polar surface area (TPSA) is 12.0 Å². The molecule has 0 heterocycles. The quantitative estimate of drug-likeness (QED) is 0.778. The minimum absolute atomic E-state index is 0.113. The standard InChI is InChI=1S/C15H23BrFN/c1-4-11(5-2)15(18-6-3)9-12-7-8-13(16)10-14(12)17/h7-8,10-11,15,18H,4-6,9H2,1-3H3. The van der Waals surface area contributed by atoms with Crippen molar-refractivity contribution in [3.05, 3.63) is 34.1 Å². The number of hydrogen-bond donors (Lipinski definition) is 1. The monoisotopic (exact) mass is 315 g/mol. The molecule has 1 unspecified atom stereocenters. The van der Waals surface area contributed by atoms with Gasteiger partial charge in [0, 0.05) is 10.5 Å². The van der Waals surface area contributed by atoms with Crippen LogP contribution in [-0.2, 0) is 6.42 Å². The molecule has 1 aromatic carbocycles. The fourth-order valence-corrected chi connectivity index (χ4v) is 2.78. The van der Waals surface area contributed by atoms with Crippen molar-refractivity contribution in [3.8, 4) is 0 Å². The maximum absolute atomic E-state index is 13.9. The average molecular weight is 316 g/mol. The molecule has 0 aliphatic rings. The Morgan fingerprint density at radius 2 is 1.89 bits per heavy atom. The fraction of sp³-hybridized carbons (Fsp3) is 0.600. The van der Waals surface area contributed by atoms with E-state index < -0.39 is 0 Å². The van der Waals surface area contributed by atoms with Crippen molar-refractivity contribution in [3.63, 3.8) is 0 Å². The number of rotatable bonds is 7. The van der Waals surface area contributed by atoms with Gasteiger partial charge in [0.25, 0.3) is 0 Å². The number of halogens is 2. The van der Waals surface area contributed by atoms with E-state index in [0.29, 0.717) is 12.0 Å². The zero-order valence-electron chi connectivity index (χ0n) is 11.5. The number of hydrogen-bond acceptors (Lipinski definition) is 1. The molecular formula is C15H23BrFN. The number of nitrogens with one attached hydrogen (secondary N) is 1. The van der Waals surface area contributed by atoms with E-state index in [0.717, 1.165) is 35.8 Å². The first-order valence-corrected chi connectivity index (χ1v) is 7.58. The molecule has 1 atom stereocenters. The Morgan fingerprint density at radius 1 is 1.22 bits per heavy atom. The Hall–Kier alpha value is -0.410. The van der Waals surface area contributed by atoms with Crippen molar-refractivity contribution in [2.45, 2.75) is 46.1 Å². The zero-order chi connectivity index (χ0) is 13.5. The van der Waals surface area contributed by atoms with E-state index >= 15 is 0 Å². The largest absolute Gasteiger partial charge is 0.314 e. The van der Waals surface area contributed by atoms with E-state index in [-0.39, 0.29) is 5.82 Å². The lowest BCUT2D eigenvalue weighted by molar-refractivity contribution is 0.334. The highest BCUT2D eigenvalue weighted by Gasteiger charge is 2.19. The van der Waals surface area contributed by atoms with Gasteiger partial charge in [0.15, 0.2) is 0 Å². The van der Waals surface area contributed by atoms with Gasteiger partial charge in [-0.2, -0.15) is 0 Å². The maximum Gasteiger partial charge on any atom is 0.127 e. The lowest BCUT2D eigenvalue weighted by Gasteiger charge is -2.26. The van der Waals surface area contributed by atoms with E-state index in [4.69, 9.17) is 0 Å². The first kappa shape index (κ1) is 15.6. The smallest absolute Gasteiger partial charge is 0.127 e. The van der Waals surface area contributed by atoms with Gasteiger partial charge in [0.1, 0.15) is 5.82 Å². The van der Waals surface area contributed by atoms with Crippen LogP contribution in [0.5, 0.6) is 0 Å². The highest BCUT2D eigenvalue weighted by molar-refractivity contribution is 9.10. The summed E-state index contributed by atoms with van der Waals surface area (Å²) >= 11 is 3.29. The second-order valence-corrected chi connectivity index (χ2v) is 5.60. The summed E-state index contributed by atoms with van der Waals surface area (Å²) in [6.07, 6.45) is 3.03. The summed E-state index contributed by atoms with van der Waals surface area (Å²) in [5.74, 6) is 0.492. The molecular weight excluding hydrogens is 293 g/mol. The third-order valence-corrected chi connectivity index (χ3v) is 4.03. The molecule has 3 heteroatoms. The second-order valence-electron chi connectivity index (χ2n) is 4.68. The third-order valence-electron chi connectivity index (χ3n) is 3.54. The van der Waals surface area contributed by atoms with Gasteiger partial charge in [-0.1, -0.05) is 55.6 Å². The van der Waals surface area contributed by atoms with Gasteiger partial charge in [-0.3, -0.25) is 0 Å². The van der Waals surface area contributed by atoms with Crippen molar-refractivity contribution in [1.82, 2.24) is 5.32 Å². The van der Waals surface area contributed by atoms with Crippen LogP contribution in [-0.4, -0.2) is 12.6 Å². The van der Waals surface area contributed by atoms with Gasteiger partial charge in [-0.25, -0.2) is 4.39 Å². The van der Waals surface area contributed by atoms with Crippen LogP contribution in [0.25, 0.3) is 0 Å². The predicted octanol–water partition coefficient (Wildman–Crippen LogP) is 4.55. The molecule has 0 spiro atoms. The van der Waals surface area contributed by atoms with E-state index in [2.05, 4.69) is 42.0 Å². The first-order valence-electron chi connectivity index (χ1n) is 6.79. The van der Waals surface area contributed by atoms with Crippen LogP contribution in [0.1, 0.15) is 39.2 Å². The van der Waals surface area contributed by atoms with Crippen molar-refractivity contribution in [2.75, 3.05) is 6.54 Å². The summed E-state index contributed by atoms with van der Waals surface area (Å²) in [7, 11) is 0. The summed E-state index contributed by atoms with van der Waals surface area (Å²) in [4.78, 5) is 0. The van der Waals surface area contributed by atoms with Crippen LogP contribution in [0, 0.1) is 11.7 Å². The SMILES string of the molecule is CCNC(Cc1ccc(Br)cc1F)C(CC)CC. The minimum atomic E-state index is -0.113. The van der Waals surface area contributed by atoms with E-state index in [1.54, 1.807) is 6.07 Å². The van der Waals surface area contributed by atoms with Crippen LogP contribution >= 0.6 is 15.9 Å². The summed E-state index contributed by atoms with van der Waals surface area (Å²) < 4.78 is 14.7. The predicted molar refractivity (Wildman–Crippen MR) is 79.3 cm³/mol. The van der Waals surface area contributed by atoms with Gasteiger partial charge < -0.3 is 5.32 Å². The van der Waals surface area contributed by atoms with Crippen LogP contribution in [0.4, 0.5) is 4.39 Å². The molecule has 0 radical (unpaired) electrons. The molecule has 18 heavy (non-hydrogen) atoms. The first-order chi connectivity index (χ1) is 8.62. The molecule has 0 fully saturated rings. The molecule has 0 saturated carbocycles. The van der Waals surface area contributed by atoms with Crippen molar-refractivity contribution >= 4 is 15.9 Å². The lowest BCUT2D eigenvalue weighted by atomic mass is 9.89. The van der Waals surface area contributed by atoms with Crippen LogP contribution < -0.4 is 5.32 Å². The number of likely N-dealkylation sites (N-methyl/N-ethyl adjacent to an activating group) is 1. The molecule has 0 amide bonds. The van der Waals surface area contributed by atoms with Gasteiger partial charge in [0.2, 0.25) is 0 Å². The summed E-state index contributed by atoms with van der Waals surface area (Å²) in [6, 6.07) is 5.70. The molecule has 1 rings (SSSR count). The van der Waals surface area contributed by atoms with Crippen molar-refractivity contribution in [2.24, 2.45) is 5.92 Å². The van der Waals surface area contributed by atoms with Crippen LogP contribution in [0.15, 0.2) is 22.7 Å². The Kier molecular flexibility index (Phi) is 6.87. The Balaban J connectivity index is 2.82.